The fourth-order valence-electron chi connectivity index (χ4n) is 5.65. The summed E-state index contributed by atoms with van der Waals surface area (Å²) in [5, 5.41) is 7.11. The number of benzene rings is 4. The second kappa shape index (κ2) is 11.1. The second-order valence-corrected chi connectivity index (χ2v) is 10.5. The van der Waals surface area contributed by atoms with Crippen LogP contribution in [0.3, 0.4) is 0 Å². The van der Waals surface area contributed by atoms with Gasteiger partial charge in [-0.1, -0.05) is 53.5 Å². The van der Waals surface area contributed by atoms with E-state index in [2.05, 4.69) is 103 Å². The Balaban J connectivity index is 0.00000316. The smallest absolute Gasteiger partial charge is 0.509 e. The number of pyridine rings is 1. The van der Waals surface area contributed by atoms with Crippen LogP contribution >= 0.6 is 0 Å². The number of ether oxygens (including phenoxy) is 1. The Kier molecular flexibility index (Phi) is 7.28. The second-order valence-electron chi connectivity index (χ2n) is 10.5. The summed E-state index contributed by atoms with van der Waals surface area (Å²) in [6, 6.07) is 37.9. The number of aromatic nitrogens is 4. The molecule has 3 heterocycles. The minimum absolute atomic E-state index is 0. The van der Waals surface area contributed by atoms with E-state index in [9.17, 15) is 0 Å². The summed E-state index contributed by atoms with van der Waals surface area (Å²) in [5.74, 6) is 2.06. The van der Waals surface area contributed by atoms with Crippen molar-refractivity contribution < 1.29 is 25.2 Å². The maximum atomic E-state index is 6.35. The average Bonchev–Trinajstić information content (AvgIpc) is 3.46. The van der Waals surface area contributed by atoms with E-state index in [0.29, 0.717) is 11.5 Å². The van der Waals surface area contributed by atoms with Crippen molar-refractivity contribution in [3.63, 3.8) is 0 Å². The van der Waals surface area contributed by atoms with E-state index < -0.39 is 0 Å². The molecule has 0 spiro atoms. The van der Waals surface area contributed by atoms with Gasteiger partial charge in [-0.15, -0.1) is 35.7 Å². The molecule has 0 N–H and O–H groups in total. The first-order valence-electron chi connectivity index (χ1n) is 13.7. The van der Waals surface area contributed by atoms with Gasteiger partial charge in [0.25, 0.3) is 0 Å². The van der Waals surface area contributed by atoms with Crippen LogP contribution in [-0.2, 0) is 20.4 Å². The number of hydrogen-bond acceptors (Lipinski definition) is 3. The first-order valence-corrected chi connectivity index (χ1v) is 13.7. The first kappa shape index (κ1) is 27.7. The van der Waals surface area contributed by atoms with Gasteiger partial charge in [-0.3, -0.25) is 4.68 Å². The molecule has 208 valence electrons. The summed E-state index contributed by atoms with van der Waals surface area (Å²) in [6.07, 6.45) is 1.84. The minimum atomic E-state index is 0. The van der Waals surface area contributed by atoms with Crippen LogP contribution in [0.2, 0.25) is 0 Å². The van der Waals surface area contributed by atoms with E-state index in [0.717, 1.165) is 55.8 Å². The quantitative estimate of drug-likeness (QED) is 0.140. The zero-order valence-electron chi connectivity index (χ0n) is 23.8. The third kappa shape index (κ3) is 4.83. The molecule has 0 aliphatic rings. The molecule has 0 amide bonds. The normalized spacial score (nSPS) is 11.1. The Morgan fingerprint density at radius 2 is 1.50 bits per heavy atom. The van der Waals surface area contributed by atoms with Gasteiger partial charge in [-0.25, -0.2) is 4.98 Å². The molecule has 0 atom stereocenters. The molecule has 0 saturated carbocycles. The summed E-state index contributed by atoms with van der Waals surface area (Å²) >= 11 is 0. The van der Waals surface area contributed by atoms with Gasteiger partial charge in [-0.05, 0) is 68.1 Å². The van der Waals surface area contributed by atoms with Gasteiger partial charge in [0.05, 0.1) is 5.69 Å². The predicted molar refractivity (Wildman–Crippen MR) is 164 cm³/mol. The zero-order valence-corrected chi connectivity index (χ0v) is 25.3. The Morgan fingerprint density at radius 1 is 0.714 bits per heavy atom. The Hall–Kier alpha value is -4.50. The summed E-state index contributed by atoms with van der Waals surface area (Å²) in [4.78, 5) is 4.67. The molecular formula is C36H28N4OPd. The summed E-state index contributed by atoms with van der Waals surface area (Å²) in [5.41, 5.74) is 9.53. The molecule has 7 aromatic rings. The van der Waals surface area contributed by atoms with Crippen molar-refractivity contribution >= 4 is 21.8 Å². The Bertz CT molecular complexity index is 2090. The monoisotopic (exact) mass is 638 g/mol. The molecule has 0 unspecified atom stereocenters. The van der Waals surface area contributed by atoms with Crippen LogP contribution in [0.25, 0.3) is 44.4 Å². The molecule has 4 aromatic carbocycles. The number of rotatable bonds is 5. The fourth-order valence-corrected chi connectivity index (χ4v) is 5.65. The van der Waals surface area contributed by atoms with E-state index >= 15 is 0 Å². The van der Waals surface area contributed by atoms with Gasteiger partial charge in [0.1, 0.15) is 5.82 Å². The van der Waals surface area contributed by atoms with Crippen LogP contribution in [0.15, 0.2) is 97.2 Å². The van der Waals surface area contributed by atoms with E-state index in [1.165, 1.54) is 11.1 Å². The molecule has 5 nitrogen and oxygen atoms in total. The number of para-hydroxylation sites is 1. The van der Waals surface area contributed by atoms with E-state index in [4.69, 9.17) is 9.84 Å². The van der Waals surface area contributed by atoms with E-state index in [-0.39, 0.29) is 20.4 Å². The Labute approximate surface area is 259 Å². The topological polar surface area (TPSA) is 44.9 Å². The van der Waals surface area contributed by atoms with E-state index in [1.807, 2.05) is 48.1 Å². The zero-order chi connectivity index (χ0) is 28.1. The van der Waals surface area contributed by atoms with Gasteiger partial charge in [-0.2, -0.15) is 17.2 Å². The van der Waals surface area contributed by atoms with Gasteiger partial charge < -0.3 is 9.30 Å². The molecule has 0 saturated heterocycles. The van der Waals surface area contributed by atoms with Gasteiger partial charge >= 0.3 is 20.4 Å². The summed E-state index contributed by atoms with van der Waals surface area (Å²) in [6.45, 7) is 8.33. The van der Waals surface area contributed by atoms with Gasteiger partial charge in [0.15, 0.2) is 0 Å². The maximum absolute atomic E-state index is 6.35. The molecular weight excluding hydrogens is 611 g/mol. The predicted octanol–water partition coefficient (Wildman–Crippen LogP) is 8.66. The molecule has 7 rings (SSSR count). The third-order valence-electron chi connectivity index (χ3n) is 7.49. The molecule has 42 heavy (non-hydrogen) atoms. The third-order valence-corrected chi connectivity index (χ3v) is 7.49. The van der Waals surface area contributed by atoms with Crippen LogP contribution in [0, 0.1) is 39.8 Å². The maximum Gasteiger partial charge on any atom is 2.00 e. The largest absolute Gasteiger partial charge is 2.00 e. The summed E-state index contributed by atoms with van der Waals surface area (Å²) < 4.78 is 10.4. The van der Waals surface area contributed by atoms with Crippen molar-refractivity contribution in [3.05, 3.63) is 132 Å². The number of aryl methyl sites for hydroxylation is 3. The van der Waals surface area contributed by atoms with Crippen LogP contribution < -0.4 is 4.74 Å². The molecule has 0 aliphatic heterocycles. The van der Waals surface area contributed by atoms with Gasteiger partial charge in [0.2, 0.25) is 0 Å². The van der Waals surface area contributed by atoms with Crippen molar-refractivity contribution in [2.75, 3.05) is 0 Å². The Morgan fingerprint density at radius 3 is 2.33 bits per heavy atom. The average molecular weight is 639 g/mol. The van der Waals surface area contributed by atoms with Crippen LogP contribution in [0.4, 0.5) is 0 Å². The molecule has 6 heteroatoms. The van der Waals surface area contributed by atoms with Gasteiger partial charge in [0, 0.05) is 34.5 Å². The standard InChI is InChI=1S/C36H28N4O.Pd/c1-23-9-7-10-27(19-23)36-25(3)38-40(26(36)4)28-11-8-12-29(21-28)41-30-15-16-32-31-13-5-6-14-33(31)39(34(32)22-30)35-20-24(2)17-18-37-35;/h5-20H,1-4H3;/q-2;+2. The molecule has 0 fully saturated rings. The van der Waals surface area contributed by atoms with E-state index in [1.54, 1.807) is 0 Å². The number of fused-ring (bicyclic) bond motifs is 3. The van der Waals surface area contributed by atoms with Crippen LogP contribution in [0.1, 0.15) is 22.5 Å². The van der Waals surface area contributed by atoms with Crippen molar-refractivity contribution in [1.29, 1.82) is 0 Å². The molecule has 3 aromatic heterocycles. The molecule has 0 aliphatic carbocycles. The number of hydrogen-bond donors (Lipinski definition) is 0. The van der Waals surface area contributed by atoms with Crippen LogP contribution in [-0.4, -0.2) is 19.3 Å². The fraction of sp³-hybridized carbons (Fsp3) is 0.111. The van der Waals surface area contributed by atoms with Crippen molar-refractivity contribution in [3.8, 4) is 34.1 Å². The SMILES string of the molecule is Cc1cccc(-c2c(C)nn(-c3[c-]c(Oc4[c-]c5c(cc4)c4ccccc4n5-c4cc(C)ccn4)ccc3)c2C)c1.[Pd+2]. The molecule has 0 radical (unpaired) electrons. The van der Waals surface area contributed by atoms with Crippen LogP contribution in [0.5, 0.6) is 11.5 Å². The number of nitrogens with zero attached hydrogens (tertiary/aromatic N) is 4. The van der Waals surface area contributed by atoms with Crippen molar-refractivity contribution in [2.24, 2.45) is 0 Å². The summed E-state index contributed by atoms with van der Waals surface area (Å²) in [7, 11) is 0. The van der Waals surface area contributed by atoms with Crippen molar-refractivity contribution in [2.45, 2.75) is 27.7 Å². The first-order chi connectivity index (χ1) is 20.0. The molecule has 0 bridgehead atoms. The minimum Gasteiger partial charge on any atom is -0.509 e. The van der Waals surface area contributed by atoms with Crippen molar-refractivity contribution in [1.82, 2.24) is 19.3 Å².